The summed E-state index contributed by atoms with van der Waals surface area (Å²) in [5, 5.41) is 5.90. The second-order valence-corrected chi connectivity index (χ2v) is 4.33. The molecular formula is C13H15N5O3. The number of esters is 1. The van der Waals surface area contributed by atoms with E-state index in [1.54, 1.807) is 18.5 Å². The molecule has 0 saturated heterocycles. The van der Waals surface area contributed by atoms with Gasteiger partial charge in [-0.05, 0) is 19.1 Å². The smallest absolute Gasteiger partial charge is 0.325 e. The summed E-state index contributed by atoms with van der Waals surface area (Å²) in [5.74, 6) is 1.39. The molecule has 0 atom stereocenters. The third kappa shape index (κ3) is 2.47. The average Bonchev–Trinajstić information content (AvgIpc) is 3.01. The fourth-order valence-electron chi connectivity index (χ4n) is 2.04. The number of ether oxygens (including phenoxy) is 2. The topological polar surface area (TPSA) is 93.5 Å². The van der Waals surface area contributed by atoms with E-state index in [1.807, 2.05) is 18.2 Å². The number of carbonyl (C=O) groups excluding carboxylic acids is 1. The maximum absolute atomic E-state index is 11.3. The van der Waals surface area contributed by atoms with Crippen molar-refractivity contribution in [3.05, 3.63) is 18.2 Å². The number of anilines is 1. The van der Waals surface area contributed by atoms with Gasteiger partial charge in [0.15, 0.2) is 0 Å². The van der Waals surface area contributed by atoms with Crippen LogP contribution in [0, 0.1) is 0 Å². The molecule has 2 aromatic heterocycles. The van der Waals surface area contributed by atoms with Gasteiger partial charge in [-0.3, -0.25) is 9.89 Å². The SMILES string of the molecule is CCOC(=O)CNc1nc2nc3cc(OC)ccc3n2[nH]1. The van der Waals surface area contributed by atoms with Crippen LogP contribution in [0.25, 0.3) is 16.8 Å². The Hall–Kier alpha value is -2.77. The zero-order chi connectivity index (χ0) is 14.8. The van der Waals surface area contributed by atoms with E-state index >= 15 is 0 Å². The van der Waals surface area contributed by atoms with Gasteiger partial charge in [-0.25, -0.2) is 9.50 Å². The van der Waals surface area contributed by atoms with Crippen LogP contribution in [0.3, 0.4) is 0 Å². The Morgan fingerprint density at radius 1 is 1.43 bits per heavy atom. The molecule has 110 valence electrons. The normalized spacial score (nSPS) is 11.0. The van der Waals surface area contributed by atoms with Crippen molar-refractivity contribution >= 4 is 28.7 Å². The third-order valence-electron chi connectivity index (χ3n) is 2.98. The highest BCUT2D eigenvalue weighted by Gasteiger charge is 2.11. The Morgan fingerprint density at radius 3 is 3.05 bits per heavy atom. The van der Waals surface area contributed by atoms with Crippen LogP contribution in [0.15, 0.2) is 18.2 Å². The molecule has 2 N–H and O–H groups in total. The van der Waals surface area contributed by atoms with Crippen molar-refractivity contribution in [2.24, 2.45) is 0 Å². The van der Waals surface area contributed by atoms with Crippen LogP contribution < -0.4 is 10.1 Å². The molecule has 1 aromatic carbocycles. The number of nitrogens with zero attached hydrogens (tertiary/aromatic N) is 3. The zero-order valence-electron chi connectivity index (χ0n) is 11.7. The Balaban J connectivity index is 1.85. The quantitative estimate of drug-likeness (QED) is 0.685. The van der Waals surface area contributed by atoms with Gasteiger partial charge in [0, 0.05) is 6.07 Å². The molecule has 0 aliphatic heterocycles. The largest absolute Gasteiger partial charge is 0.497 e. The maximum Gasteiger partial charge on any atom is 0.325 e. The summed E-state index contributed by atoms with van der Waals surface area (Å²) in [6.45, 7) is 2.17. The molecule has 21 heavy (non-hydrogen) atoms. The van der Waals surface area contributed by atoms with E-state index in [1.165, 1.54) is 0 Å². The predicted octanol–water partition coefficient (Wildman–Crippen LogP) is 1.19. The highest BCUT2D eigenvalue weighted by atomic mass is 16.5. The first-order valence-corrected chi connectivity index (χ1v) is 6.53. The van der Waals surface area contributed by atoms with Crippen LogP contribution in [0.1, 0.15) is 6.92 Å². The lowest BCUT2D eigenvalue weighted by atomic mass is 10.3. The number of aromatic amines is 1. The molecule has 0 unspecified atom stereocenters. The summed E-state index contributed by atoms with van der Waals surface area (Å²) in [7, 11) is 1.61. The van der Waals surface area contributed by atoms with Gasteiger partial charge in [-0.1, -0.05) is 0 Å². The van der Waals surface area contributed by atoms with Crippen molar-refractivity contribution in [3.8, 4) is 5.75 Å². The molecule has 0 aliphatic rings. The van der Waals surface area contributed by atoms with Crippen LogP contribution >= 0.6 is 0 Å². The molecule has 0 radical (unpaired) electrons. The molecule has 0 bridgehead atoms. The summed E-state index contributed by atoms with van der Waals surface area (Å²) in [6, 6.07) is 5.58. The average molecular weight is 289 g/mol. The first-order chi connectivity index (χ1) is 10.2. The van der Waals surface area contributed by atoms with Crippen LogP contribution in [0.2, 0.25) is 0 Å². The van der Waals surface area contributed by atoms with E-state index in [0.29, 0.717) is 18.3 Å². The van der Waals surface area contributed by atoms with Gasteiger partial charge in [0.2, 0.25) is 5.95 Å². The highest BCUT2D eigenvalue weighted by Crippen LogP contribution is 2.21. The van der Waals surface area contributed by atoms with Crippen LogP contribution in [-0.2, 0) is 9.53 Å². The number of aromatic nitrogens is 4. The summed E-state index contributed by atoms with van der Waals surface area (Å²) in [4.78, 5) is 20.0. The van der Waals surface area contributed by atoms with Crippen molar-refractivity contribution in [2.75, 3.05) is 25.6 Å². The summed E-state index contributed by atoms with van der Waals surface area (Å²) in [5.41, 5.74) is 1.66. The van der Waals surface area contributed by atoms with Gasteiger partial charge < -0.3 is 14.8 Å². The number of imidazole rings is 1. The fourth-order valence-corrected chi connectivity index (χ4v) is 2.04. The Morgan fingerprint density at radius 2 is 2.29 bits per heavy atom. The van der Waals surface area contributed by atoms with Crippen LogP contribution in [-0.4, -0.2) is 45.8 Å². The number of rotatable bonds is 5. The van der Waals surface area contributed by atoms with E-state index in [0.717, 1.165) is 16.8 Å². The molecule has 0 saturated carbocycles. The molecule has 0 aliphatic carbocycles. The Bertz CT molecular complexity index is 792. The molecule has 3 rings (SSSR count). The van der Waals surface area contributed by atoms with Gasteiger partial charge >= 0.3 is 5.97 Å². The van der Waals surface area contributed by atoms with Gasteiger partial charge in [0.1, 0.15) is 12.3 Å². The lowest BCUT2D eigenvalue weighted by Crippen LogP contribution is -2.17. The zero-order valence-corrected chi connectivity index (χ0v) is 11.7. The molecular weight excluding hydrogens is 274 g/mol. The second kappa shape index (κ2) is 5.31. The predicted molar refractivity (Wildman–Crippen MR) is 76.5 cm³/mol. The molecule has 0 spiro atoms. The number of hydrogen-bond acceptors (Lipinski definition) is 6. The van der Waals surface area contributed by atoms with E-state index in [-0.39, 0.29) is 12.5 Å². The minimum Gasteiger partial charge on any atom is -0.497 e. The maximum atomic E-state index is 11.3. The number of benzene rings is 1. The van der Waals surface area contributed by atoms with Crippen molar-refractivity contribution in [1.29, 1.82) is 0 Å². The Kier molecular flexibility index (Phi) is 3.35. The second-order valence-electron chi connectivity index (χ2n) is 4.33. The van der Waals surface area contributed by atoms with E-state index < -0.39 is 0 Å². The van der Waals surface area contributed by atoms with Gasteiger partial charge in [-0.2, -0.15) is 4.98 Å². The minimum absolute atomic E-state index is 0.0518. The number of H-pyrrole nitrogens is 1. The lowest BCUT2D eigenvalue weighted by Gasteiger charge is -2.02. The van der Waals surface area contributed by atoms with Crippen molar-refractivity contribution in [3.63, 3.8) is 0 Å². The van der Waals surface area contributed by atoms with Crippen molar-refractivity contribution in [1.82, 2.24) is 19.6 Å². The first kappa shape index (κ1) is 13.2. The molecule has 2 heterocycles. The summed E-state index contributed by atoms with van der Waals surface area (Å²) in [6.07, 6.45) is 0. The number of hydrogen-bond donors (Lipinski definition) is 2. The van der Waals surface area contributed by atoms with E-state index in [4.69, 9.17) is 9.47 Å². The van der Waals surface area contributed by atoms with Crippen molar-refractivity contribution < 1.29 is 14.3 Å². The van der Waals surface area contributed by atoms with Crippen LogP contribution in [0.5, 0.6) is 5.75 Å². The van der Waals surface area contributed by atoms with E-state index in [2.05, 4.69) is 20.4 Å². The standard InChI is InChI=1S/C13H15N5O3/c1-3-21-11(19)7-14-12-16-13-15-9-6-8(20-2)4-5-10(9)18(13)17-12/h4-6H,3,7H2,1-2H3,(H2,14,15,16,17). The number of nitrogens with one attached hydrogen (secondary N) is 2. The molecule has 3 aromatic rings. The monoisotopic (exact) mass is 289 g/mol. The summed E-state index contributed by atoms with van der Waals surface area (Å²) >= 11 is 0. The van der Waals surface area contributed by atoms with Gasteiger partial charge in [-0.15, -0.1) is 0 Å². The third-order valence-corrected chi connectivity index (χ3v) is 2.98. The lowest BCUT2D eigenvalue weighted by molar-refractivity contribution is -0.140. The number of methoxy groups -OCH3 is 1. The Labute approximate surface area is 120 Å². The number of fused-ring (bicyclic) bond motifs is 3. The van der Waals surface area contributed by atoms with Gasteiger partial charge in [0.25, 0.3) is 5.78 Å². The summed E-state index contributed by atoms with van der Waals surface area (Å²) < 4.78 is 11.7. The highest BCUT2D eigenvalue weighted by molar-refractivity contribution is 5.81. The molecule has 0 amide bonds. The molecule has 8 heteroatoms. The minimum atomic E-state index is -0.332. The molecule has 8 nitrogen and oxygen atoms in total. The van der Waals surface area contributed by atoms with Crippen molar-refractivity contribution in [2.45, 2.75) is 6.92 Å². The fraction of sp³-hybridized carbons (Fsp3) is 0.308. The number of carbonyl (C=O) groups is 1. The van der Waals surface area contributed by atoms with Gasteiger partial charge in [0.05, 0.1) is 24.8 Å². The van der Waals surface area contributed by atoms with Crippen LogP contribution in [0.4, 0.5) is 5.95 Å². The van der Waals surface area contributed by atoms with E-state index in [9.17, 15) is 4.79 Å². The first-order valence-electron chi connectivity index (χ1n) is 6.53. The molecule has 0 fully saturated rings.